The molecule has 1 saturated carbocycles. The Morgan fingerprint density at radius 2 is 1.97 bits per heavy atom. The van der Waals surface area contributed by atoms with E-state index in [1.165, 1.54) is 18.2 Å². The van der Waals surface area contributed by atoms with Crippen molar-refractivity contribution in [2.24, 2.45) is 5.92 Å². The Bertz CT molecular complexity index is 1230. The number of hydrogen-bond acceptors (Lipinski definition) is 4. The van der Waals surface area contributed by atoms with E-state index in [-0.39, 0.29) is 29.7 Å². The van der Waals surface area contributed by atoms with E-state index < -0.39 is 5.82 Å². The number of nitrogens with zero attached hydrogens (tertiary/aromatic N) is 1. The average Bonchev–Trinajstić information content (AvgIpc) is 3.50. The quantitative estimate of drug-likeness (QED) is 0.586. The van der Waals surface area contributed by atoms with Gasteiger partial charge in [0.25, 0.3) is 11.8 Å². The van der Waals surface area contributed by atoms with Gasteiger partial charge in [0.2, 0.25) is 5.91 Å². The smallest absolute Gasteiger partial charge is 0.256 e. The molecule has 0 bridgehead atoms. The normalized spacial score (nSPS) is 22.9. The van der Waals surface area contributed by atoms with Gasteiger partial charge >= 0.3 is 0 Å². The van der Waals surface area contributed by atoms with Gasteiger partial charge in [0.1, 0.15) is 5.82 Å². The van der Waals surface area contributed by atoms with Gasteiger partial charge in [-0.3, -0.25) is 14.4 Å². The number of aromatic amines is 1. The summed E-state index contributed by atoms with van der Waals surface area (Å²) in [6, 6.07) is 3.94. The van der Waals surface area contributed by atoms with Crippen LogP contribution in [0.15, 0.2) is 18.2 Å². The second-order valence-corrected chi connectivity index (χ2v) is 9.42. The lowest BCUT2D eigenvalue weighted by Gasteiger charge is -2.31. The Morgan fingerprint density at radius 1 is 1.20 bits per heavy atom. The van der Waals surface area contributed by atoms with Crippen LogP contribution in [0, 0.1) is 25.6 Å². The fourth-order valence-corrected chi connectivity index (χ4v) is 5.39. The predicted molar refractivity (Wildman–Crippen MR) is 129 cm³/mol. The first-order chi connectivity index (χ1) is 16.8. The molecule has 0 unspecified atom stereocenters. The number of nitrogens with one attached hydrogen (secondary N) is 3. The Kier molecular flexibility index (Phi) is 6.19. The second kappa shape index (κ2) is 9.30. The highest BCUT2D eigenvalue weighted by Gasteiger charge is 2.37. The molecule has 35 heavy (non-hydrogen) atoms. The molecule has 3 heterocycles. The molecule has 3 amide bonds. The molecule has 0 spiro atoms. The molecule has 8 nitrogen and oxygen atoms in total. The van der Waals surface area contributed by atoms with Crippen molar-refractivity contribution in [3.63, 3.8) is 0 Å². The van der Waals surface area contributed by atoms with Gasteiger partial charge in [-0.2, -0.15) is 0 Å². The molecule has 1 aromatic heterocycles. The summed E-state index contributed by atoms with van der Waals surface area (Å²) in [7, 11) is 0. The van der Waals surface area contributed by atoms with Gasteiger partial charge in [-0.15, -0.1) is 0 Å². The summed E-state index contributed by atoms with van der Waals surface area (Å²) >= 11 is 0. The number of ether oxygens (including phenoxy) is 1. The molecule has 1 aromatic carbocycles. The highest BCUT2D eigenvalue weighted by atomic mass is 19.1. The molecule has 3 aliphatic rings. The minimum atomic E-state index is -0.427. The number of H-pyrrole nitrogens is 1. The van der Waals surface area contributed by atoms with E-state index in [4.69, 9.17) is 4.74 Å². The maximum Gasteiger partial charge on any atom is 0.256 e. The van der Waals surface area contributed by atoms with Crippen LogP contribution in [-0.2, 0) is 14.3 Å². The number of benzene rings is 1. The van der Waals surface area contributed by atoms with Crippen LogP contribution in [0.5, 0.6) is 0 Å². The van der Waals surface area contributed by atoms with Gasteiger partial charge in [-0.05, 0) is 56.5 Å². The number of aryl methyl sites for hydroxylation is 1. The Balaban J connectivity index is 1.36. The van der Waals surface area contributed by atoms with Crippen LogP contribution in [0.25, 0.3) is 11.6 Å². The first-order valence-electron chi connectivity index (χ1n) is 12.0. The van der Waals surface area contributed by atoms with Gasteiger partial charge in [0.15, 0.2) is 0 Å². The highest BCUT2D eigenvalue weighted by molar-refractivity contribution is 6.34. The fourth-order valence-electron chi connectivity index (χ4n) is 5.39. The third-order valence-electron chi connectivity index (χ3n) is 7.23. The van der Waals surface area contributed by atoms with Crippen LogP contribution in [-0.4, -0.2) is 60.0 Å². The van der Waals surface area contributed by atoms with E-state index in [1.54, 1.807) is 13.0 Å². The molecule has 184 valence electrons. The molecule has 2 atom stereocenters. The minimum absolute atomic E-state index is 0.0854. The monoisotopic (exact) mass is 480 g/mol. The van der Waals surface area contributed by atoms with Gasteiger partial charge in [0, 0.05) is 41.8 Å². The molecule has 1 saturated heterocycles. The summed E-state index contributed by atoms with van der Waals surface area (Å²) in [5.74, 6) is -1.13. The fraction of sp³-hybridized carbons (Fsp3) is 0.423. The summed E-state index contributed by atoms with van der Waals surface area (Å²) in [6.45, 7) is 5.89. The number of amides is 3. The number of rotatable bonds is 4. The number of hydrogen-bond donors (Lipinski definition) is 3. The summed E-state index contributed by atoms with van der Waals surface area (Å²) in [5, 5.41) is 5.84. The molecule has 3 N–H and O–H groups in total. The zero-order valence-corrected chi connectivity index (χ0v) is 19.9. The molecule has 2 aromatic rings. The second-order valence-electron chi connectivity index (χ2n) is 9.42. The summed E-state index contributed by atoms with van der Waals surface area (Å²) < 4.78 is 19.1. The number of anilines is 1. The zero-order chi connectivity index (χ0) is 24.7. The van der Waals surface area contributed by atoms with Crippen molar-refractivity contribution in [2.45, 2.75) is 39.2 Å². The van der Waals surface area contributed by atoms with Crippen LogP contribution >= 0.6 is 0 Å². The van der Waals surface area contributed by atoms with Crippen molar-refractivity contribution in [3.05, 3.63) is 52.1 Å². The molecular weight excluding hydrogens is 451 g/mol. The van der Waals surface area contributed by atoms with Gasteiger partial charge in [-0.1, -0.05) is 6.42 Å². The Labute approximate surface area is 202 Å². The number of carbonyl (C=O) groups excluding carboxylic acids is 3. The van der Waals surface area contributed by atoms with Gasteiger partial charge in [0.05, 0.1) is 30.3 Å². The number of halogens is 1. The van der Waals surface area contributed by atoms with Crippen molar-refractivity contribution in [2.75, 3.05) is 31.6 Å². The lowest BCUT2D eigenvalue weighted by molar-refractivity contribution is -0.140. The standard InChI is InChI=1S/C26H29FN4O4/c1-14-22(13-19-18-12-16(27)6-7-21(18)29-24(19)32)28-15(2)23(14)25(33)30-20-5-3-4-17(20)26(34)31-8-10-35-11-9-31/h6-7,12-13,17,20,28H,3-5,8-11H2,1-2H3,(H,29,32)(H,30,33)/b19-13-/t17-,20+/m0/s1. The molecule has 9 heteroatoms. The zero-order valence-electron chi connectivity index (χ0n) is 19.9. The van der Waals surface area contributed by atoms with E-state index >= 15 is 0 Å². The highest BCUT2D eigenvalue weighted by Crippen LogP contribution is 2.35. The van der Waals surface area contributed by atoms with Crippen LogP contribution in [0.4, 0.5) is 10.1 Å². The topological polar surface area (TPSA) is 104 Å². The van der Waals surface area contributed by atoms with Crippen LogP contribution < -0.4 is 10.6 Å². The van der Waals surface area contributed by atoms with Crippen LogP contribution in [0.2, 0.25) is 0 Å². The van der Waals surface area contributed by atoms with E-state index in [2.05, 4.69) is 15.6 Å². The first kappa shape index (κ1) is 23.3. The van der Waals surface area contributed by atoms with Gasteiger partial charge < -0.3 is 25.3 Å². The maximum atomic E-state index is 13.8. The number of morpholine rings is 1. The minimum Gasteiger partial charge on any atom is -0.378 e. The average molecular weight is 481 g/mol. The molecule has 2 aliphatic heterocycles. The number of fused-ring (bicyclic) bond motifs is 1. The van der Waals surface area contributed by atoms with Crippen LogP contribution in [0.1, 0.15) is 52.1 Å². The lowest BCUT2D eigenvalue weighted by Crippen LogP contribution is -2.49. The van der Waals surface area contributed by atoms with Gasteiger partial charge in [-0.25, -0.2) is 4.39 Å². The summed E-state index contributed by atoms with van der Waals surface area (Å²) in [4.78, 5) is 43.9. The third kappa shape index (κ3) is 4.36. The predicted octanol–water partition coefficient (Wildman–Crippen LogP) is 3.02. The number of aromatic nitrogens is 1. The lowest BCUT2D eigenvalue weighted by atomic mass is 10.00. The molecule has 5 rings (SSSR count). The first-order valence-corrected chi connectivity index (χ1v) is 12.0. The van der Waals surface area contributed by atoms with E-state index in [1.807, 2.05) is 11.8 Å². The summed E-state index contributed by atoms with van der Waals surface area (Å²) in [6.07, 6.45) is 4.06. The van der Waals surface area contributed by atoms with E-state index in [9.17, 15) is 18.8 Å². The molecular formula is C26H29FN4O4. The molecule has 2 fully saturated rings. The molecule has 0 radical (unpaired) electrons. The third-order valence-corrected chi connectivity index (χ3v) is 7.23. The van der Waals surface area contributed by atoms with Crippen molar-refractivity contribution in [3.8, 4) is 0 Å². The van der Waals surface area contributed by atoms with Crippen molar-refractivity contribution in [1.82, 2.24) is 15.2 Å². The Morgan fingerprint density at radius 3 is 2.74 bits per heavy atom. The Hall–Kier alpha value is -3.46. The van der Waals surface area contributed by atoms with E-state index in [0.717, 1.165) is 19.3 Å². The van der Waals surface area contributed by atoms with Crippen LogP contribution in [0.3, 0.4) is 0 Å². The SMILES string of the molecule is Cc1[nH]c(/C=C2\C(=O)Nc3ccc(F)cc32)c(C)c1C(=O)N[C@@H]1CCC[C@@H]1C(=O)N1CCOCC1. The largest absolute Gasteiger partial charge is 0.378 e. The maximum absolute atomic E-state index is 13.8. The molecule has 1 aliphatic carbocycles. The summed E-state index contributed by atoms with van der Waals surface area (Å²) in [5.41, 5.74) is 3.85. The van der Waals surface area contributed by atoms with E-state index in [0.29, 0.717) is 65.6 Å². The van der Waals surface area contributed by atoms with Crippen molar-refractivity contribution in [1.29, 1.82) is 0 Å². The number of carbonyl (C=O) groups is 3. The van der Waals surface area contributed by atoms with Crippen molar-refractivity contribution < 1.29 is 23.5 Å². The van der Waals surface area contributed by atoms with Crippen molar-refractivity contribution >= 4 is 35.1 Å².